The molecule has 0 saturated heterocycles. The Morgan fingerprint density at radius 2 is 1.67 bits per heavy atom. The van der Waals surface area contributed by atoms with Crippen molar-refractivity contribution in [1.29, 1.82) is 0 Å². The SMILES string of the molecule is CCCCCCCC(=O)C(CC)C(=O)O. The molecule has 0 amide bonds. The minimum absolute atomic E-state index is 0.110. The lowest BCUT2D eigenvalue weighted by Gasteiger charge is -2.07. The molecule has 0 spiro atoms. The monoisotopic (exact) mass is 214 g/mol. The van der Waals surface area contributed by atoms with E-state index in [1.807, 2.05) is 0 Å². The average Bonchev–Trinajstić information content (AvgIpc) is 2.18. The average molecular weight is 214 g/mol. The van der Waals surface area contributed by atoms with Gasteiger partial charge in [0.2, 0.25) is 0 Å². The number of hydrogen-bond acceptors (Lipinski definition) is 2. The van der Waals surface area contributed by atoms with Gasteiger partial charge in [0.1, 0.15) is 11.7 Å². The zero-order valence-electron chi connectivity index (χ0n) is 9.79. The van der Waals surface area contributed by atoms with Crippen LogP contribution in [0.2, 0.25) is 0 Å². The molecule has 1 unspecified atom stereocenters. The van der Waals surface area contributed by atoms with Crippen molar-refractivity contribution in [3.05, 3.63) is 0 Å². The van der Waals surface area contributed by atoms with E-state index in [0.29, 0.717) is 12.8 Å². The lowest BCUT2D eigenvalue weighted by Crippen LogP contribution is -2.22. The van der Waals surface area contributed by atoms with Crippen molar-refractivity contribution in [2.45, 2.75) is 58.8 Å². The van der Waals surface area contributed by atoms with Crippen LogP contribution in [-0.4, -0.2) is 16.9 Å². The van der Waals surface area contributed by atoms with Gasteiger partial charge in [0.15, 0.2) is 0 Å². The van der Waals surface area contributed by atoms with Crippen LogP contribution in [0.25, 0.3) is 0 Å². The lowest BCUT2D eigenvalue weighted by molar-refractivity contribution is -0.146. The van der Waals surface area contributed by atoms with Gasteiger partial charge in [-0.25, -0.2) is 0 Å². The first-order chi connectivity index (χ1) is 7.13. The maximum Gasteiger partial charge on any atom is 0.314 e. The molecule has 1 N–H and O–H groups in total. The predicted molar refractivity (Wildman–Crippen MR) is 59.8 cm³/mol. The standard InChI is InChI=1S/C12H22O3/c1-3-5-6-7-8-9-11(13)10(4-2)12(14)15/h10H,3-9H2,1-2H3,(H,14,15). The van der Waals surface area contributed by atoms with Crippen LogP contribution in [0.4, 0.5) is 0 Å². The number of unbranched alkanes of at least 4 members (excludes halogenated alkanes) is 4. The molecule has 0 fully saturated rings. The van der Waals surface area contributed by atoms with Crippen LogP contribution < -0.4 is 0 Å². The molecule has 0 heterocycles. The van der Waals surface area contributed by atoms with Gasteiger partial charge in [0, 0.05) is 6.42 Å². The van der Waals surface area contributed by atoms with Gasteiger partial charge in [-0.2, -0.15) is 0 Å². The maximum absolute atomic E-state index is 11.5. The van der Waals surface area contributed by atoms with E-state index in [0.717, 1.165) is 19.3 Å². The first-order valence-corrected chi connectivity index (χ1v) is 5.89. The Morgan fingerprint density at radius 1 is 1.07 bits per heavy atom. The van der Waals surface area contributed by atoms with Gasteiger partial charge in [-0.05, 0) is 12.8 Å². The van der Waals surface area contributed by atoms with Crippen LogP contribution in [0.5, 0.6) is 0 Å². The van der Waals surface area contributed by atoms with Gasteiger partial charge in [-0.1, -0.05) is 39.5 Å². The fraction of sp³-hybridized carbons (Fsp3) is 0.833. The summed E-state index contributed by atoms with van der Waals surface area (Å²) in [4.78, 5) is 22.2. The largest absolute Gasteiger partial charge is 0.481 e. The first-order valence-electron chi connectivity index (χ1n) is 5.89. The normalized spacial score (nSPS) is 12.4. The van der Waals surface area contributed by atoms with Crippen LogP contribution in [0.1, 0.15) is 58.8 Å². The summed E-state index contributed by atoms with van der Waals surface area (Å²) in [6.07, 6.45) is 6.23. The fourth-order valence-corrected chi connectivity index (χ4v) is 1.62. The van der Waals surface area contributed by atoms with Gasteiger partial charge in [0.05, 0.1) is 0 Å². The second kappa shape index (κ2) is 8.45. The number of carboxylic acids is 1. The molecule has 0 aromatic heterocycles. The van der Waals surface area contributed by atoms with Crippen LogP contribution in [-0.2, 0) is 9.59 Å². The van der Waals surface area contributed by atoms with Gasteiger partial charge < -0.3 is 5.11 Å². The van der Waals surface area contributed by atoms with Crippen molar-refractivity contribution < 1.29 is 14.7 Å². The zero-order chi connectivity index (χ0) is 11.7. The second-order valence-corrected chi connectivity index (χ2v) is 3.93. The molecule has 3 nitrogen and oxygen atoms in total. The molecule has 0 aliphatic heterocycles. The Bertz CT molecular complexity index is 199. The van der Waals surface area contributed by atoms with Gasteiger partial charge >= 0.3 is 5.97 Å². The van der Waals surface area contributed by atoms with E-state index >= 15 is 0 Å². The van der Waals surface area contributed by atoms with Crippen molar-refractivity contribution in [2.75, 3.05) is 0 Å². The Balaban J connectivity index is 3.67. The highest BCUT2D eigenvalue weighted by Gasteiger charge is 2.22. The molecule has 0 aromatic rings. The fourth-order valence-electron chi connectivity index (χ4n) is 1.62. The number of Topliss-reactive ketones (excluding diaryl/α,β-unsaturated/α-hetero) is 1. The number of rotatable bonds is 9. The molecule has 88 valence electrons. The molecule has 0 aromatic carbocycles. The molecule has 3 heteroatoms. The zero-order valence-corrected chi connectivity index (χ0v) is 9.79. The van der Waals surface area contributed by atoms with Crippen molar-refractivity contribution >= 4 is 11.8 Å². The summed E-state index contributed by atoms with van der Waals surface area (Å²) in [5.41, 5.74) is 0. The van der Waals surface area contributed by atoms with E-state index in [2.05, 4.69) is 6.92 Å². The lowest BCUT2D eigenvalue weighted by atomic mass is 9.96. The summed E-state index contributed by atoms with van der Waals surface area (Å²) < 4.78 is 0. The Hall–Kier alpha value is -0.860. The molecule has 0 bridgehead atoms. The third-order valence-corrected chi connectivity index (χ3v) is 2.62. The smallest absolute Gasteiger partial charge is 0.314 e. The molecule has 0 radical (unpaired) electrons. The number of aliphatic carboxylic acids is 1. The quantitative estimate of drug-likeness (QED) is 0.474. The highest BCUT2D eigenvalue weighted by Crippen LogP contribution is 2.12. The number of carbonyl (C=O) groups excluding carboxylic acids is 1. The van der Waals surface area contributed by atoms with Gasteiger partial charge in [-0.15, -0.1) is 0 Å². The summed E-state index contributed by atoms with van der Waals surface area (Å²) in [6.45, 7) is 3.89. The maximum atomic E-state index is 11.5. The van der Waals surface area contributed by atoms with Gasteiger partial charge in [0.25, 0.3) is 0 Å². The predicted octanol–water partition coefficient (Wildman–Crippen LogP) is 3.03. The number of hydrogen-bond donors (Lipinski definition) is 1. The van der Waals surface area contributed by atoms with E-state index in [4.69, 9.17) is 5.11 Å². The van der Waals surface area contributed by atoms with E-state index < -0.39 is 11.9 Å². The molecule has 15 heavy (non-hydrogen) atoms. The van der Waals surface area contributed by atoms with Crippen molar-refractivity contribution in [1.82, 2.24) is 0 Å². The van der Waals surface area contributed by atoms with Crippen molar-refractivity contribution in [3.63, 3.8) is 0 Å². The summed E-state index contributed by atoms with van der Waals surface area (Å²) >= 11 is 0. The Kier molecular flexibility index (Phi) is 7.96. The molecular formula is C12H22O3. The van der Waals surface area contributed by atoms with Crippen LogP contribution in [0.3, 0.4) is 0 Å². The van der Waals surface area contributed by atoms with Crippen molar-refractivity contribution in [2.24, 2.45) is 5.92 Å². The molecular weight excluding hydrogens is 192 g/mol. The van der Waals surface area contributed by atoms with E-state index in [-0.39, 0.29) is 5.78 Å². The molecule has 0 aliphatic carbocycles. The number of carboxylic acid groups (broad SMARTS) is 1. The van der Waals surface area contributed by atoms with Crippen LogP contribution in [0, 0.1) is 5.92 Å². The third kappa shape index (κ3) is 6.26. The molecule has 0 aliphatic rings. The number of carbonyl (C=O) groups is 2. The highest BCUT2D eigenvalue weighted by atomic mass is 16.4. The minimum atomic E-state index is -0.976. The summed E-state index contributed by atoms with van der Waals surface area (Å²) in [6, 6.07) is 0. The minimum Gasteiger partial charge on any atom is -0.481 e. The molecule has 0 saturated carbocycles. The summed E-state index contributed by atoms with van der Waals surface area (Å²) in [7, 11) is 0. The number of ketones is 1. The second-order valence-electron chi connectivity index (χ2n) is 3.93. The third-order valence-electron chi connectivity index (χ3n) is 2.62. The van der Waals surface area contributed by atoms with Crippen molar-refractivity contribution in [3.8, 4) is 0 Å². The first kappa shape index (κ1) is 14.1. The summed E-state index contributed by atoms with van der Waals surface area (Å²) in [5, 5.41) is 8.76. The van der Waals surface area contributed by atoms with Gasteiger partial charge in [-0.3, -0.25) is 9.59 Å². The van der Waals surface area contributed by atoms with E-state index in [9.17, 15) is 9.59 Å². The van der Waals surface area contributed by atoms with E-state index in [1.165, 1.54) is 12.8 Å². The highest BCUT2D eigenvalue weighted by molar-refractivity contribution is 5.98. The molecule has 0 rings (SSSR count). The Morgan fingerprint density at radius 3 is 2.13 bits per heavy atom. The Labute approximate surface area is 91.9 Å². The molecule has 1 atom stereocenters. The van der Waals surface area contributed by atoms with Crippen LogP contribution >= 0.6 is 0 Å². The van der Waals surface area contributed by atoms with E-state index in [1.54, 1.807) is 6.92 Å². The van der Waals surface area contributed by atoms with Crippen LogP contribution in [0.15, 0.2) is 0 Å². The topological polar surface area (TPSA) is 54.4 Å². The summed E-state index contributed by atoms with van der Waals surface area (Å²) in [5.74, 6) is -1.87.